The Labute approximate surface area is 114 Å². The van der Waals surface area contributed by atoms with Crippen LogP contribution in [-0.2, 0) is 4.79 Å². The number of nitrogens with zero attached hydrogens (tertiary/aromatic N) is 1. The van der Waals surface area contributed by atoms with E-state index in [4.69, 9.17) is 0 Å². The van der Waals surface area contributed by atoms with E-state index in [1.165, 1.54) is 12.1 Å². The molecule has 1 saturated heterocycles. The van der Waals surface area contributed by atoms with Crippen molar-refractivity contribution < 1.29 is 9.18 Å². The first-order valence-corrected chi connectivity index (χ1v) is 7.24. The van der Waals surface area contributed by atoms with E-state index in [2.05, 4.69) is 6.92 Å². The summed E-state index contributed by atoms with van der Waals surface area (Å²) in [7, 11) is 0. The molecule has 1 heterocycles. The summed E-state index contributed by atoms with van der Waals surface area (Å²) in [6.07, 6.45) is 4.82. The van der Waals surface area contributed by atoms with Gasteiger partial charge in [-0.15, -0.1) is 0 Å². The van der Waals surface area contributed by atoms with Crippen molar-refractivity contribution in [1.29, 1.82) is 0 Å². The summed E-state index contributed by atoms with van der Waals surface area (Å²) in [6, 6.07) is 6.59. The third-order valence-corrected chi connectivity index (χ3v) is 3.86. The molecule has 1 amide bonds. The van der Waals surface area contributed by atoms with Gasteiger partial charge in [-0.05, 0) is 42.9 Å². The maximum absolute atomic E-state index is 13.0. The Kier molecular flexibility index (Phi) is 4.94. The second-order valence-corrected chi connectivity index (χ2v) is 5.33. The van der Waals surface area contributed by atoms with Gasteiger partial charge in [-0.25, -0.2) is 4.39 Å². The predicted molar refractivity (Wildman–Crippen MR) is 74.5 cm³/mol. The Morgan fingerprint density at radius 3 is 2.47 bits per heavy atom. The zero-order valence-electron chi connectivity index (χ0n) is 11.6. The fraction of sp³-hybridized carbons (Fsp3) is 0.562. The van der Waals surface area contributed by atoms with Crippen molar-refractivity contribution >= 4 is 5.91 Å². The Balaban J connectivity index is 2.02. The van der Waals surface area contributed by atoms with Crippen LogP contribution in [0.2, 0.25) is 0 Å². The lowest BCUT2D eigenvalue weighted by Crippen LogP contribution is -2.28. The van der Waals surface area contributed by atoms with Gasteiger partial charge in [0, 0.05) is 19.5 Å². The van der Waals surface area contributed by atoms with Crippen molar-refractivity contribution in [3.63, 3.8) is 0 Å². The monoisotopic (exact) mass is 263 g/mol. The van der Waals surface area contributed by atoms with E-state index in [1.807, 2.05) is 17.0 Å². The molecule has 104 valence electrons. The lowest BCUT2D eigenvalue weighted by molar-refractivity contribution is -0.130. The van der Waals surface area contributed by atoms with Gasteiger partial charge in [0.25, 0.3) is 0 Å². The lowest BCUT2D eigenvalue weighted by Gasteiger charge is -2.21. The van der Waals surface area contributed by atoms with Crippen LogP contribution in [0.3, 0.4) is 0 Å². The first kappa shape index (κ1) is 14.0. The molecule has 2 rings (SSSR count). The van der Waals surface area contributed by atoms with E-state index in [1.54, 1.807) is 0 Å². The molecule has 0 spiro atoms. The van der Waals surface area contributed by atoms with Crippen molar-refractivity contribution in [2.45, 2.75) is 44.9 Å². The summed E-state index contributed by atoms with van der Waals surface area (Å²) in [5, 5.41) is 0. The van der Waals surface area contributed by atoms with E-state index in [-0.39, 0.29) is 17.6 Å². The van der Waals surface area contributed by atoms with Gasteiger partial charge in [-0.1, -0.05) is 25.5 Å². The molecule has 0 bridgehead atoms. The van der Waals surface area contributed by atoms with Gasteiger partial charge < -0.3 is 4.90 Å². The van der Waals surface area contributed by atoms with Gasteiger partial charge in [0.1, 0.15) is 5.82 Å². The Morgan fingerprint density at radius 2 is 1.89 bits per heavy atom. The number of hydrogen-bond acceptors (Lipinski definition) is 1. The van der Waals surface area contributed by atoms with Crippen LogP contribution in [0.4, 0.5) is 4.39 Å². The molecule has 1 aliphatic heterocycles. The van der Waals surface area contributed by atoms with Crippen molar-refractivity contribution in [3.8, 4) is 0 Å². The number of carbonyl (C=O) groups excluding carboxylic acids is 1. The van der Waals surface area contributed by atoms with Crippen molar-refractivity contribution in [3.05, 3.63) is 35.6 Å². The smallest absolute Gasteiger partial charge is 0.223 e. The second-order valence-electron chi connectivity index (χ2n) is 5.33. The average Bonchev–Trinajstić information content (AvgIpc) is 2.93. The van der Waals surface area contributed by atoms with Crippen LogP contribution >= 0.6 is 0 Å². The Hall–Kier alpha value is -1.38. The molecule has 3 heteroatoms. The highest BCUT2D eigenvalue weighted by Gasteiger charge is 2.22. The molecule has 1 atom stereocenters. The third-order valence-electron chi connectivity index (χ3n) is 3.86. The minimum Gasteiger partial charge on any atom is -0.343 e. The van der Waals surface area contributed by atoms with E-state index < -0.39 is 0 Å². The second kappa shape index (κ2) is 6.69. The number of rotatable bonds is 5. The normalized spacial score (nSPS) is 16.6. The summed E-state index contributed by atoms with van der Waals surface area (Å²) < 4.78 is 13.0. The quantitative estimate of drug-likeness (QED) is 0.792. The summed E-state index contributed by atoms with van der Waals surface area (Å²) in [4.78, 5) is 14.2. The zero-order chi connectivity index (χ0) is 13.7. The van der Waals surface area contributed by atoms with Gasteiger partial charge in [-0.3, -0.25) is 4.79 Å². The maximum Gasteiger partial charge on any atom is 0.223 e. The van der Waals surface area contributed by atoms with Crippen LogP contribution in [0, 0.1) is 5.82 Å². The highest BCUT2D eigenvalue weighted by molar-refractivity contribution is 5.77. The fourth-order valence-corrected chi connectivity index (χ4v) is 2.78. The van der Waals surface area contributed by atoms with Crippen LogP contribution in [-0.4, -0.2) is 23.9 Å². The molecule has 0 saturated carbocycles. The van der Waals surface area contributed by atoms with Crippen molar-refractivity contribution in [2.24, 2.45) is 0 Å². The minimum absolute atomic E-state index is 0.218. The van der Waals surface area contributed by atoms with E-state index >= 15 is 0 Å². The Morgan fingerprint density at radius 1 is 1.26 bits per heavy atom. The SMILES string of the molecule is CCCC(CC(=O)N1CCCC1)c1ccc(F)cc1. The van der Waals surface area contributed by atoms with E-state index in [0.717, 1.165) is 44.3 Å². The van der Waals surface area contributed by atoms with Crippen LogP contribution in [0.1, 0.15) is 50.5 Å². The number of hydrogen-bond donors (Lipinski definition) is 0. The number of amides is 1. The van der Waals surface area contributed by atoms with Gasteiger partial charge >= 0.3 is 0 Å². The van der Waals surface area contributed by atoms with Crippen LogP contribution in [0.5, 0.6) is 0 Å². The zero-order valence-corrected chi connectivity index (χ0v) is 11.6. The van der Waals surface area contributed by atoms with E-state index in [9.17, 15) is 9.18 Å². The summed E-state index contributed by atoms with van der Waals surface area (Å²) in [6.45, 7) is 3.93. The number of benzene rings is 1. The maximum atomic E-state index is 13.0. The van der Waals surface area contributed by atoms with Gasteiger partial charge in [0.2, 0.25) is 5.91 Å². The molecule has 1 aromatic carbocycles. The lowest BCUT2D eigenvalue weighted by atomic mass is 9.91. The average molecular weight is 263 g/mol. The standard InChI is InChI=1S/C16H22FNO/c1-2-5-14(13-6-8-15(17)9-7-13)12-16(19)18-10-3-4-11-18/h6-9,14H,2-5,10-12H2,1H3. The van der Waals surface area contributed by atoms with Crippen molar-refractivity contribution in [2.75, 3.05) is 13.1 Å². The van der Waals surface area contributed by atoms with Crippen LogP contribution < -0.4 is 0 Å². The predicted octanol–water partition coefficient (Wildman–Crippen LogP) is 3.72. The fourth-order valence-electron chi connectivity index (χ4n) is 2.78. The number of likely N-dealkylation sites (tertiary alicyclic amines) is 1. The highest BCUT2D eigenvalue weighted by atomic mass is 19.1. The number of carbonyl (C=O) groups is 1. The largest absolute Gasteiger partial charge is 0.343 e. The first-order chi connectivity index (χ1) is 9.20. The molecule has 0 radical (unpaired) electrons. The van der Waals surface area contributed by atoms with Gasteiger partial charge in [-0.2, -0.15) is 0 Å². The van der Waals surface area contributed by atoms with Crippen molar-refractivity contribution in [1.82, 2.24) is 4.90 Å². The molecule has 0 N–H and O–H groups in total. The minimum atomic E-state index is -0.218. The summed E-state index contributed by atoms with van der Waals surface area (Å²) in [5.41, 5.74) is 1.08. The molecule has 1 aliphatic rings. The molecule has 2 nitrogen and oxygen atoms in total. The molecule has 0 aromatic heterocycles. The third kappa shape index (κ3) is 3.79. The molecular formula is C16H22FNO. The molecule has 1 aromatic rings. The topological polar surface area (TPSA) is 20.3 Å². The van der Waals surface area contributed by atoms with Crippen LogP contribution in [0.15, 0.2) is 24.3 Å². The summed E-state index contributed by atoms with van der Waals surface area (Å²) in [5.74, 6) is 0.254. The Bertz CT molecular complexity index is 409. The summed E-state index contributed by atoms with van der Waals surface area (Å²) >= 11 is 0. The molecule has 0 aliphatic carbocycles. The molecular weight excluding hydrogens is 241 g/mol. The highest BCUT2D eigenvalue weighted by Crippen LogP contribution is 2.26. The molecule has 19 heavy (non-hydrogen) atoms. The number of halogens is 1. The molecule has 1 fully saturated rings. The van der Waals surface area contributed by atoms with Crippen LogP contribution in [0.25, 0.3) is 0 Å². The molecule has 1 unspecified atom stereocenters. The van der Waals surface area contributed by atoms with Gasteiger partial charge in [0.15, 0.2) is 0 Å². The van der Waals surface area contributed by atoms with Gasteiger partial charge in [0.05, 0.1) is 0 Å². The van der Waals surface area contributed by atoms with E-state index in [0.29, 0.717) is 6.42 Å². The first-order valence-electron chi connectivity index (χ1n) is 7.24.